The van der Waals surface area contributed by atoms with Crippen LogP contribution in [0.3, 0.4) is 0 Å². The summed E-state index contributed by atoms with van der Waals surface area (Å²) in [6.45, 7) is 4.84. The van der Waals surface area contributed by atoms with Gasteiger partial charge >= 0.3 is 0 Å². The molecule has 0 saturated heterocycles. The Kier molecular flexibility index (Phi) is 5.72. The van der Waals surface area contributed by atoms with E-state index in [0.29, 0.717) is 18.3 Å². The Bertz CT molecular complexity index is 496. The second kappa shape index (κ2) is 7.31. The van der Waals surface area contributed by atoms with Crippen molar-refractivity contribution in [2.75, 3.05) is 6.61 Å². The van der Waals surface area contributed by atoms with E-state index in [1.165, 1.54) is 0 Å². The average molecular weight is 388 g/mol. The molecule has 0 amide bonds. The van der Waals surface area contributed by atoms with Gasteiger partial charge in [-0.1, -0.05) is 26.7 Å². The van der Waals surface area contributed by atoms with Crippen LogP contribution < -0.4 is 4.74 Å². The lowest BCUT2D eigenvalue weighted by Gasteiger charge is -2.27. The van der Waals surface area contributed by atoms with Crippen molar-refractivity contribution >= 4 is 22.6 Å². The minimum absolute atomic E-state index is 0.501. The highest BCUT2D eigenvalue weighted by atomic mass is 127. The first-order valence-electron chi connectivity index (χ1n) is 7.18. The van der Waals surface area contributed by atoms with Crippen LogP contribution in [0.5, 0.6) is 5.75 Å². The fourth-order valence-corrected chi connectivity index (χ4v) is 2.75. The van der Waals surface area contributed by atoms with Crippen molar-refractivity contribution in [1.29, 1.82) is 0 Å². The molecule has 0 aromatic heterocycles. The number of hydrogen-bond acceptors (Lipinski definition) is 3. The van der Waals surface area contributed by atoms with Gasteiger partial charge in [-0.05, 0) is 53.6 Å². The van der Waals surface area contributed by atoms with Crippen molar-refractivity contribution in [1.82, 2.24) is 0 Å². The standard InChI is InChI=1S/C16H21IO3/c1-3-5-9-19-16-12(6-4-2)15(18)13-10-11(17)7-8-14(13)20-16/h7-8,10,15,18H,3-6,9H2,1-2H3. The van der Waals surface area contributed by atoms with Crippen LogP contribution >= 0.6 is 22.6 Å². The molecule has 4 heteroatoms. The molecule has 1 unspecified atom stereocenters. The van der Waals surface area contributed by atoms with Crippen LogP contribution in [-0.4, -0.2) is 11.7 Å². The molecule has 1 aromatic carbocycles. The highest BCUT2D eigenvalue weighted by Gasteiger charge is 2.29. The van der Waals surface area contributed by atoms with Gasteiger partial charge in [0.1, 0.15) is 11.9 Å². The molecule has 110 valence electrons. The van der Waals surface area contributed by atoms with Gasteiger partial charge in [-0.25, -0.2) is 0 Å². The monoisotopic (exact) mass is 388 g/mol. The molecule has 0 bridgehead atoms. The molecule has 0 saturated carbocycles. The summed E-state index contributed by atoms with van der Waals surface area (Å²) < 4.78 is 12.7. The molecule has 0 spiro atoms. The van der Waals surface area contributed by atoms with E-state index in [4.69, 9.17) is 9.47 Å². The predicted molar refractivity (Wildman–Crippen MR) is 87.5 cm³/mol. The number of halogens is 1. The third kappa shape index (κ3) is 3.47. The molecule has 1 N–H and O–H groups in total. The number of aliphatic hydroxyl groups is 1. The molecule has 0 fully saturated rings. The van der Waals surface area contributed by atoms with Gasteiger partial charge in [0.2, 0.25) is 0 Å². The van der Waals surface area contributed by atoms with E-state index in [-0.39, 0.29) is 0 Å². The van der Waals surface area contributed by atoms with Gasteiger partial charge in [0.05, 0.1) is 6.61 Å². The molecule has 3 nitrogen and oxygen atoms in total. The molecular formula is C16H21IO3. The van der Waals surface area contributed by atoms with Crippen molar-refractivity contribution < 1.29 is 14.6 Å². The van der Waals surface area contributed by atoms with Crippen LogP contribution in [-0.2, 0) is 4.74 Å². The Hall–Kier alpha value is -0.750. The molecule has 0 radical (unpaired) electrons. The Labute approximate surface area is 134 Å². The van der Waals surface area contributed by atoms with Crippen molar-refractivity contribution in [2.45, 2.75) is 45.6 Å². The number of aliphatic hydroxyl groups excluding tert-OH is 1. The van der Waals surface area contributed by atoms with Gasteiger partial charge in [0, 0.05) is 14.7 Å². The summed E-state index contributed by atoms with van der Waals surface area (Å²) in [5, 5.41) is 10.6. The highest BCUT2D eigenvalue weighted by Crippen LogP contribution is 2.40. The fraction of sp³-hybridized carbons (Fsp3) is 0.500. The maximum Gasteiger partial charge on any atom is 0.286 e. The maximum absolute atomic E-state index is 10.6. The quantitative estimate of drug-likeness (QED) is 0.574. The molecule has 1 aliphatic rings. The fourth-order valence-electron chi connectivity index (χ4n) is 2.23. The molecule has 1 aliphatic heterocycles. The van der Waals surface area contributed by atoms with E-state index in [1.807, 2.05) is 18.2 Å². The zero-order valence-corrected chi connectivity index (χ0v) is 14.1. The summed E-state index contributed by atoms with van der Waals surface area (Å²) >= 11 is 2.24. The summed E-state index contributed by atoms with van der Waals surface area (Å²) in [4.78, 5) is 0. The number of benzene rings is 1. The first-order chi connectivity index (χ1) is 9.67. The molecule has 20 heavy (non-hydrogen) atoms. The zero-order valence-electron chi connectivity index (χ0n) is 12.0. The Balaban J connectivity index is 2.27. The smallest absolute Gasteiger partial charge is 0.286 e. The third-order valence-electron chi connectivity index (χ3n) is 3.31. The highest BCUT2D eigenvalue weighted by molar-refractivity contribution is 14.1. The van der Waals surface area contributed by atoms with E-state index < -0.39 is 6.10 Å². The van der Waals surface area contributed by atoms with Gasteiger partial charge in [0.15, 0.2) is 0 Å². The zero-order chi connectivity index (χ0) is 14.5. The van der Waals surface area contributed by atoms with Crippen molar-refractivity contribution in [3.63, 3.8) is 0 Å². The van der Waals surface area contributed by atoms with Crippen molar-refractivity contribution in [3.8, 4) is 5.75 Å². The first kappa shape index (κ1) is 15.6. The normalized spacial score (nSPS) is 17.7. The Morgan fingerprint density at radius 2 is 2.10 bits per heavy atom. The SMILES string of the molecule is CCCCOC1=C(CCC)C(O)c2cc(I)ccc2O1. The lowest BCUT2D eigenvalue weighted by Crippen LogP contribution is -2.18. The summed E-state index contributed by atoms with van der Waals surface area (Å²) in [5.74, 6) is 1.20. The van der Waals surface area contributed by atoms with Crippen LogP contribution in [0.1, 0.15) is 51.2 Å². The molecule has 1 aromatic rings. The van der Waals surface area contributed by atoms with Crippen LogP contribution in [0.2, 0.25) is 0 Å². The molecule has 0 aliphatic carbocycles. The molecule has 1 heterocycles. The number of rotatable bonds is 6. The first-order valence-corrected chi connectivity index (χ1v) is 8.26. The molecule has 2 rings (SSSR count). The summed E-state index contributed by atoms with van der Waals surface area (Å²) in [7, 11) is 0. The van der Waals surface area contributed by atoms with Crippen LogP contribution in [0.4, 0.5) is 0 Å². The second-order valence-corrected chi connectivity index (χ2v) is 6.20. The van der Waals surface area contributed by atoms with E-state index in [9.17, 15) is 5.11 Å². The summed E-state index contributed by atoms with van der Waals surface area (Å²) in [5.41, 5.74) is 1.70. The average Bonchev–Trinajstić information content (AvgIpc) is 2.44. The summed E-state index contributed by atoms with van der Waals surface area (Å²) in [6, 6.07) is 5.84. The lowest BCUT2D eigenvalue weighted by atomic mass is 9.96. The Morgan fingerprint density at radius 1 is 1.30 bits per heavy atom. The van der Waals surface area contributed by atoms with Crippen LogP contribution in [0, 0.1) is 3.57 Å². The molecular weight excluding hydrogens is 367 g/mol. The number of fused-ring (bicyclic) bond motifs is 1. The van der Waals surface area contributed by atoms with E-state index in [0.717, 1.165) is 40.4 Å². The summed E-state index contributed by atoms with van der Waals surface area (Å²) in [6.07, 6.45) is 3.18. The van der Waals surface area contributed by atoms with Crippen LogP contribution in [0.15, 0.2) is 29.7 Å². The molecule has 1 atom stereocenters. The number of unbranched alkanes of at least 4 members (excludes halogenated alkanes) is 1. The van der Waals surface area contributed by atoms with E-state index >= 15 is 0 Å². The van der Waals surface area contributed by atoms with Gasteiger partial charge < -0.3 is 14.6 Å². The number of hydrogen-bond donors (Lipinski definition) is 1. The predicted octanol–water partition coefficient (Wildman–Crippen LogP) is 4.55. The third-order valence-corrected chi connectivity index (χ3v) is 3.98. The van der Waals surface area contributed by atoms with E-state index in [2.05, 4.69) is 36.4 Å². The maximum atomic E-state index is 10.6. The van der Waals surface area contributed by atoms with Gasteiger partial charge in [-0.2, -0.15) is 0 Å². The van der Waals surface area contributed by atoms with Crippen molar-refractivity contribution in [3.05, 3.63) is 38.9 Å². The largest absolute Gasteiger partial charge is 0.465 e. The number of ether oxygens (including phenoxy) is 2. The van der Waals surface area contributed by atoms with Crippen LogP contribution in [0.25, 0.3) is 0 Å². The second-order valence-electron chi connectivity index (χ2n) is 4.95. The van der Waals surface area contributed by atoms with Gasteiger partial charge in [-0.3, -0.25) is 0 Å². The topological polar surface area (TPSA) is 38.7 Å². The Morgan fingerprint density at radius 3 is 2.80 bits per heavy atom. The minimum atomic E-state index is -0.620. The minimum Gasteiger partial charge on any atom is -0.465 e. The van der Waals surface area contributed by atoms with Crippen molar-refractivity contribution in [2.24, 2.45) is 0 Å². The van der Waals surface area contributed by atoms with E-state index in [1.54, 1.807) is 0 Å². The van der Waals surface area contributed by atoms with Gasteiger partial charge in [0.25, 0.3) is 5.95 Å². The van der Waals surface area contributed by atoms with Gasteiger partial charge in [-0.15, -0.1) is 0 Å². The lowest BCUT2D eigenvalue weighted by molar-refractivity contribution is 0.0730.